The molecule has 0 spiro atoms. The highest BCUT2D eigenvalue weighted by Gasteiger charge is 2.19. The number of ether oxygens (including phenoxy) is 1. The molecule has 0 amide bonds. The third-order valence-electron chi connectivity index (χ3n) is 3.34. The highest BCUT2D eigenvalue weighted by atomic mass is 19.2. The maximum Gasteiger partial charge on any atom is 0.161 e. The molecule has 1 N–H and O–H groups in total. The molecule has 1 aliphatic heterocycles. The summed E-state index contributed by atoms with van der Waals surface area (Å²) in [7, 11) is 0. The number of hydrogen-bond donors (Lipinski definition) is 1. The Labute approximate surface area is 121 Å². The minimum Gasteiger partial charge on any atom is -0.376 e. The predicted molar refractivity (Wildman–Crippen MR) is 74.9 cm³/mol. The number of anilines is 1. The fourth-order valence-corrected chi connectivity index (χ4v) is 2.31. The van der Waals surface area contributed by atoms with E-state index >= 15 is 0 Å². The SMILES string of the molecule is CCNc1nc(-c2ccc(F)c(F)c2)nc2c1COCC2. The highest BCUT2D eigenvalue weighted by Crippen LogP contribution is 2.26. The Hall–Kier alpha value is -2.08. The van der Waals surface area contributed by atoms with Gasteiger partial charge in [-0.3, -0.25) is 0 Å². The molecule has 1 aliphatic rings. The van der Waals surface area contributed by atoms with Crippen LogP contribution in [0.2, 0.25) is 0 Å². The minimum absolute atomic E-state index is 0.394. The van der Waals surface area contributed by atoms with Crippen LogP contribution in [0.4, 0.5) is 14.6 Å². The van der Waals surface area contributed by atoms with Crippen molar-refractivity contribution < 1.29 is 13.5 Å². The second-order valence-electron chi connectivity index (χ2n) is 4.78. The number of benzene rings is 1. The Balaban J connectivity index is 2.09. The van der Waals surface area contributed by atoms with Gasteiger partial charge >= 0.3 is 0 Å². The first-order valence-corrected chi connectivity index (χ1v) is 6.86. The summed E-state index contributed by atoms with van der Waals surface area (Å²) in [6, 6.07) is 3.69. The van der Waals surface area contributed by atoms with Gasteiger partial charge in [0.1, 0.15) is 5.82 Å². The second-order valence-corrected chi connectivity index (χ2v) is 4.78. The molecular formula is C15H15F2N3O. The van der Waals surface area contributed by atoms with E-state index in [4.69, 9.17) is 4.74 Å². The molecule has 0 unspecified atom stereocenters. The average molecular weight is 291 g/mol. The monoisotopic (exact) mass is 291 g/mol. The summed E-state index contributed by atoms with van der Waals surface area (Å²) in [5.74, 6) is -0.688. The van der Waals surface area contributed by atoms with Crippen molar-refractivity contribution in [1.29, 1.82) is 0 Å². The summed E-state index contributed by atoms with van der Waals surface area (Å²) in [5.41, 5.74) is 2.30. The molecule has 0 aliphatic carbocycles. The van der Waals surface area contributed by atoms with E-state index in [1.807, 2.05) is 6.92 Å². The molecule has 21 heavy (non-hydrogen) atoms. The van der Waals surface area contributed by atoms with Gasteiger partial charge in [0, 0.05) is 24.1 Å². The number of fused-ring (bicyclic) bond motifs is 1. The Bertz CT molecular complexity index is 676. The molecule has 0 radical (unpaired) electrons. The van der Waals surface area contributed by atoms with Crippen molar-refractivity contribution in [2.24, 2.45) is 0 Å². The molecule has 3 rings (SSSR count). The molecular weight excluding hydrogens is 276 g/mol. The third-order valence-corrected chi connectivity index (χ3v) is 3.34. The fourth-order valence-electron chi connectivity index (χ4n) is 2.31. The van der Waals surface area contributed by atoms with Gasteiger partial charge in [-0.05, 0) is 25.1 Å². The quantitative estimate of drug-likeness (QED) is 0.944. The lowest BCUT2D eigenvalue weighted by Crippen LogP contribution is -2.17. The predicted octanol–water partition coefficient (Wildman–Crippen LogP) is 2.93. The maximum absolute atomic E-state index is 13.4. The normalized spacial score (nSPS) is 13.9. The Morgan fingerprint density at radius 1 is 1.24 bits per heavy atom. The van der Waals surface area contributed by atoms with Crippen LogP contribution in [0.25, 0.3) is 11.4 Å². The summed E-state index contributed by atoms with van der Waals surface area (Å²) in [4.78, 5) is 8.90. The van der Waals surface area contributed by atoms with Gasteiger partial charge in [0.15, 0.2) is 17.5 Å². The smallest absolute Gasteiger partial charge is 0.161 e. The van der Waals surface area contributed by atoms with E-state index in [1.54, 1.807) is 0 Å². The molecule has 1 aromatic heterocycles. The molecule has 0 bridgehead atoms. The average Bonchev–Trinajstić information content (AvgIpc) is 2.50. The standard InChI is InChI=1S/C15H15F2N3O/c1-2-18-15-10-8-21-6-5-13(10)19-14(20-15)9-3-4-11(16)12(17)7-9/h3-4,7H,2,5-6,8H2,1H3,(H,18,19,20). The first kappa shape index (κ1) is 13.9. The lowest BCUT2D eigenvalue weighted by molar-refractivity contribution is 0.109. The molecule has 0 saturated heterocycles. The van der Waals surface area contributed by atoms with Crippen LogP contribution >= 0.6 is 0 Å². The van der Waals surface area contributed by atoms with E-state index < -0.39 is 11.6 Å². The highest BCUT2D eigenvalue weighted by molar-refractivity contribution is 5.60. The first-order chi connectivity index (χ1) is 10.2. The number of nitrogens with zero attached hydrogens (tertiary/aromatic N) is 2. The van der Waals surface area contributed by atoms with E-state index in [1.165, 1.54) is 6.07 Å². The lowest BCUT2D eigenvalue weighted by Gasteiger charge is -2.20. The Morgan fingerprint density at radius 3 is 2.86 bits per heavy atom. The van der Waals surface area contributed by atoms with Crippen molar-refractivity contribution in [2.75, 3.05) is 18.5 Å². The van der Waals surface area contributed by atoms with E-state index in [0.717, 1.165) is 23.4 Å². The molecule has 1 aromatic carbocycles. The Morgan fingerprint density at radius 2 is 2.10 bits per heavy atom. The van der Waals surface area contributed by atoms with Crippen LogP contribution in [0.15, 0.2) is 18.2 Å². The van der Waals surface area contributed by atoms with Crippen molar-refractivity contribution >= 4 is 5.82 Å². The zero-order valence-corrected chi connectivity index (χ0v) is 11.6. The van der Waals surface area contributed by atoms with Crippen molar-refractivity contribution in [1.82, 2.24) is 9.97 Å². The number of hydrogen-bond acceptors (Lipinski definition) is 4. The van der Waals surface area contributed by atoms with Gasteiger partial charge in [0.2, 0.25) is 0 Å². The number of rotatable bonds is 3. The van der Waals surface area contributed by atoms with Gasteiger partial charge in [0.05, 0.1) is 18.9 Å². The van der Waals surface area contributed by atoms with Crippen LogP contribution in [0.1, 0.15) is 18.2 Å². The minimum atomic E-state index is -0.901. The fraction of sp³-hybridized carbons (Fsp3) is 0.333. The van der Waals surface area contributed by atoms with E-state index in [2.05, 4.69) is 15.3 Å². The number of halogens is 2. The third kappa shape index (κ3) is 2.71. The van der Waals surface area contributed by atoms with Gasteiger partial charge in [-0.1, -0.05) is 0 Å². The van der Waals surface area contributed by atoms with Crippen molar-refractivity contribution in [3.8, 4) is 11.4 Å². The molecule has 0 fully saturated rings. The number of aromatic nitrogens is 2. The van der Waals surface area contributed by atoms with Crippen LogP contribution in [-0.4, -0.2) is 23.1 Å². The van der Waals surface area contributed by atoms with Crippen LogP contribution in [-0.2, 0) is 17.8 Å². The molecule has 6 heteroatoms. The summed E-state index contributed by atoms with van der Waals surface area (Å²) >= 11 is 0. The molecule has 2 aromatic rings. The van der Waals surface area contributed by atoms with E-state index in [9.17, 15) is 8.78 Å². The lowest BCUT2D eigenvalue weighted by atomic mass is 10.1. The van der Waals surface area contributed by atoms with Crippen molar-refractivity contribution in [3.63, 3.8) is 0 Å². The number of nitrogens with one attached hydrogen (secondary N) is 1. The van der Waals surface area contributed by atoms with E-state index in [-0.39, 0.29) is 0 Å². The largest absolute Gasteiger partial charge is 0.376 e. The van der Waals surface area contributed by atoms with Gasteiger partial charge in [0.25, 0.3) is 0 Å². The molecule has 2 heterocycles. The van der Waals surface area contributed by atoms with Gasteiger partial charge in [-0.2, -0.15) is 0 Å². The van der Waals surface area contributed by atoms with Crippen LogP contribution < -0.4 is 5.32 Å². The molecule has 4 nitrogen and oxygen atoms in total. The first-order valence-electron chi connectivity index (χ1n) is 6.86. The van der Waals surface area contributed by atoms with Gasteiger partial charge in [-0.15, -0.1) is 0 Å². The molecule has 0 atom stereocenters. The molecule has 0 saturated carbocycles. The van der Waals surface area contributed by atoms with Crippen molar-refractivity contribution in [3.05, 3.63) is 41.1 Å². The topological polar surface area (TPSA) is 47.0 Å². The van der Waals surface area contributed by atoms with Crippen LogP contribution in [0, 0.1) is 11.6 Å². The zero-order valence-electron chi connectivity index (χ0n) is 11.6. The summed E-state index contributed by atoms with van der Waals surface area (Å²) < 4.78 is 31.9. The Kier molecular flexibility index (Phi) is 3.79. The van der Waals surface area contributed by atoms with Gasteiger partial charge in [-0.25, -0.2) is 18.7 Å². The molecule has 110 valence electrons. The maximum atomic E-state index is 13.4. The zero-order chi connectivity index (χ0) is 14.8. The van der Waals surface area contributed by atoms with E-state index in [0.29, 0.717) is 43.4 Å². The summed E-state index contributed by atoms with van der Waals surface area (Å²) in [6.45, 7) is 3.75. The van der Waals surface area contributed by atoms with Crippen LogP contribution in [0.5, 0.6) is 0 Å². The second kappa shape index (κ2) is 5.73. The van der Waals surface area contributed by atoms with Gasteiger partial charge < -0.3 is 10.1 Å². The summed E-state index contributed by atoms with van der Waals surface area (Å²) in [5, 5.41) is 3.17. The summed E-state index contributed by atoms with van der Waals surface area (Å²) in [6.07, 6.45) is 0.687. The van der Waals surface area contributed by atoms with Crippen molar-refractivity contribution in [2.45, 2.75) is 20.0 Å². The van der Waals surface area contributed by atoms with Crippen LogP contribution in [0.3, 0.4) is 0 Å².